The molecular formula is C16H17BrN2O. The van der Waals surface area contributed by atoms with Crippen LogP contribution in [0.1, 0.15) is 27.5 Å². The van der Waals surface area contributed by atoms with E-state index in [-0.39, 0.29) is 11.9 Å². The molecule has 0 fully saturated rings. The first-order valence-corrected chi connectivity index (χ1v) is 7.22. The summed E-state index contributed by atoms with van der Waals surface area (Å²) < 4.78 is 0.965. The van der Waals surface area contributed by atoms with E-state index in [1.54, 1.807) is 0 Å². The lowest BCUT2D eigenvalue weighted by Crippen LogP contribution is -2.32. The summed E-state index contributed by atoms with van der Waals surface area (Å²) in [7, 11) is 0. The quantitative estimate of drug-likeness (QED) is 0.903. The first kappa shape index (κ1) is 14.8. The fourth-order valence-corrected chi connectivity index (χ4v) is 2.47. The van der Waals surface area contributed by atoms with Crippen LogP contribution in [-0.4, -0.2) is 12.5 Å². The summed E-state index contributed by atoms with van der Waals surface area (Å²) in [6.45, 7) is 2.33. The molecule has 0 saturated heterocycles. The third kappa shape index (κ3) is 3.68. The van der Waals surface area contributed by atoms with Crippen LogP contribution < -0.4 is 11.1 Å². The molecule has 20 heavy (non-hydrogen) atoms. The molecule has 3 N–H and O–H groups in total. The highest BCUT2D eigenvalue weighted by molar-refractivity contribution is 9.10. The van der Waals surface area contributed by atoms with Gasteiger partial charge in [0.25, 0.3) is 5.91 Å². The predicted octanol–water partition coefficient (Wildman–Crippen LogP) is 3.19. The maximum Gasteiger partial charge on any atom is 0.251 e. The molecule has 1 atom stereocenters. The molecule has 4 heteroatoms. The first-order chi connectivity index (χ1) is 9.58. The van der Waals surface area contributed by atoms with E-state index in [4.69, 9.17) is 5.73 Å². The second-order valence-electron chi connectivity index (χ2n) is 4.69. The average Bonchev–Trinajstić information content (AvgIpc) is 2.45. The molecule has 0 spiro atoms. The zero-order valence-corrected chi connectivity index (χ0v) is 12.9. The molecular weight excluding hydrogens is 316 g/mol. The van der Waals surface area contributed by atoms with Crippen molar-refractivity contribution in [1.82, 2.24) is 5.32 Å². The highest BCUT2D eigenvalue weighted by Gasteiger charge is 2.11. The van der Waals surface area contributed by atoms with Gasteiger partial charge in [-0.15, -0.1) is 0 Å². The lowest BCUT2D eigenvalue weighted by atomic mass is 10.1. The summed E-state index contributed by atoms with van der Waals surface area (Å²) in [5, 5.41) is 2.88. The van der Waals surface area contributed by atoms with Gasteiger partial charge in [0.05, 0.1) is 0 Å². The summed E-state index contributed by atoms with van der Waals surface area (Å²) in [6, 6.07) is 15.1. The highest BCUT2D eigenvalue weighted by Crippen LogP contribution is 2.16. The number of carbonyl (C=O) groups is 1. The van der Waals surface area contributed by atoms with Crippen LogP contribution in [0.15, 0.2) is 53.0 Å². The van der Waals surface area contributed by atoms with Crippen molar-refractivity contribution in [3.8, 4) is 0 Å². The molecule has 0 saturated carbocycles. The van der Waals surface area contributed by atoms with Crippen molar-refractivity contribution in [2.24, 2.45) is 5.73 Å². The largest absolute Gasteiger partial charge is 0.350 e. The Kier molecular flexibility index (Phi) is 4.93. The molecule has 0 aliphatic rings. The summed E-state index contributed by atoms with van der Waals surface area (Å²) in [6.07, 6.45) is 0. The second-order valence-corrected chi connectivity index (χ2v) is 5.60. The van der Waals surface area contributed by atoms with Gasteiger partial charge in [0.2, 0.25) is 0 Å². The van der Waals surface area contributed by atoms with Crippen LogP contribution in [0.4, 0.5) is 0 Å². The van der Waals surface area contributed by atoms with E-state index < -0.39 is 0 Å². The van der Waals surface area contributed by atoms with Gasteiger partial charge < -0.3 is 11.1 Å². The normalized spacial score (nSPS) is 11.9. The molecule has 3 nitrogen and oxygen atoms in total. The number of carbonyl (C=O) groups excluding carboxylic acids is 1. The fourth-order valence-electron chi connectivity index (χ4n) is 2.00. The van der Waals surface area contributed by atoms with E-state index in [2.05, 4.69) is 21.2 Å². The second kappa shape index (κ2) is 6.68. The first-order valence-electron chi connectivity index (χ1n) is 6.43. The van der Waals surface area contributed by atoms with E-state index in [1.165, 1.54) is 0 Å². The number of benzene rings is 2. The zero-order chi connectivity index (χ0) is 14.5. The van der Waals surface area contributed by atoms with Crippen LogP contribution in [0, 0.1) is 6.92 Å². The van der Waals surface area contributed by atoms with Gasteiger partial charge in [-0.2, -0.15) is 0 Å². The average molecular weight is 333 g/mol. The minimum atomic E-state index is -0.198. The molecule has 0 aliphatic carbocycles. The van der Waals surface area contributed by atoms with Crippen LogP contribution in [0.3, 0.4) is 0 Å². The number of hydrogen-bond donors (Lipinski definition) is 2. The van der Waals surface area contributed by atoms with Crippen molar-refractivity contribution in [2.75, 3.05) is 6.54 Å². The zero-order valence-electron chi connectivity index (χ0n) is 11.3. The van der Waals surface area contributed by atoms with Crippen LogP contribution >= 0.6 is 15.9 Å². The summed E-state index contributed by atoms with van der Waals surface area (Å²) >= 11 is 3.39. The molecule has 2 aromatic rings. The lowest BCUT2D eigenvalue weighted by Gasteiger charge is -2.14. The number of halogens is 1. The maximum absolute atomic E-state index is 12.1. The smallest absolute Gasteiger partial charge is 0.251 e. The monoisotopic (exact) mass is 332 g/mol. The van der Waals surface area contributed by atoms with Crippen molar-refractivity contribution in [2.45, 2.75) is 13.0 Å². The van der Waals surface area contributed by atoms with Gasteiger partial charge in [-0.05, 0) is 36.2 Å². The summed E-state index contributed by atoms with van der Waals surface area (Å²) in [4.78, 5) is 12.1. The van der Waals surface area contributed by atoms with Gasteiger partial charge in [0.1, 0.15) is 0 Å². The minimum absolute atomic E-state index is 0.0959. The van der Waals surface area contributed by atoms with E-state index in [9.17, 15) is 4.79 Å². The Hall–Kier alpha value is -1.65. The van der Waals surface area contributed by atoms with Crippen molar-refractivity contribution < 1.29 is 4.79 Å². The molecule has 1 unspecified atom stereocenters. The summed E-state index contributed by atoms with van der Waals surface area (Å²) in [5.41, 5.74) is 8.69. The van der Waals surface area contributed by atoms with Gasteiger partial charge in [0.15, 0.2) is 0 Å². The fraction of sp³-hybridized carbons (Fsp3) is 0.188. The van der Waals surface area contributed by atoms with Gasteiger partial charge in [-0.25, -0.2) is 0 Å². The molecule has 2 rings (SSSR count). The van der Waals surface area contributed by atoms with Gasteiger partial charge in [-0.1, -0.05) is 46.3 Å². The van der Waals surface area contributed by atoms with E-state index in [0.717, 1.165) is 15.6 Å². The van der Waals surface area contributed by atoms with E-state index in [0.29, 0.717) is 12.1 Å². The predicted molar refractivity (Wildman–Crippen MR) is 84.6 cm³/mol. The Balaban J connectivity index is 1.99. The van der Waals surface area contributed by atoms with Crippen molar-refractivity contribution >= 4 is 21.8 Å². The summed E-state index contributed by atoms with van der Waals surface area (Å²) in [5.74, 6) is -0.0959. The Morgan fingerprint density at radius 1 is 1.25 bits per heavy atom. The molecule has 0 aliphatic heterocycles. The van der Waals surface area contributed by atoms with E-state index in [1.807, 2.05) is 55.5 Å². The lowest BCUT2D eigenvalue weighted by molar-refractivity contribution is 0.0950. The minimum Gasteiger partial charge on any atom is -0.350 e. The topological polar surface area (TPSA) is 55.1 Å². The van der Waals surface area contributed by atoms with Crippen molar-refractivity contribution in [3.63, 3.8) is 0 Å². The Morgan fingerprint density at radius 3 is 2.60 bits per heavy atom. The van der Waals surface area contributed by atoms with Crippen LogP contribution in [-0.2, 0) is 0 Å². The number of rotatable bonds is 4. The van der Waals surface area contributed by atoms with Crippen LogP contribution in [0.5, 0.6) is 0 Å². The van der Waals surface area contributed by atoms with Gasteiger partial charge >= 0.3 is 0 Å². The van der Waals surface area contributed by atoms with Gasteiger partial charge in [-0.3, -0.25) is 4.79 Å². The Bertz CT molecular complexity index is 599. The number of amides is 1. The number of nitrogens with one attached hydrogen (secondary N) is 1. The number of hydrogen-bond acceptors (Lipinski definition) is 2. The molecule has 0 bridgehead atoms. The number of nitrogens with two attached hydrogens (primary N) is 1. The van der Waals surface area contributed by atoms with Crippen LogP contribution in [0.2, 0.25) is 0 Å². The number of aryl methyl sites for hydroxylation is 1. The highest BCUT2D eigenvalue weighted by atomic mass is 79.9. The van der Waals surface area contributed by atoms with Crippen LogP contribution in [0.25, 0.3) is 0 Å². The SMILES string of the molecule is Cc1cc(Br)ccc1C(=O)NCC(N)c1ccccc1. The third-order valence-corrected chi connectivity index (χ3v) is 3.64. The van der Waals surface area contributed by atoms with Crippen molar-refractivity contribution in [3.05, 3.63) is 69.7 Å². The molecule has 2 aromatic carbocycles. The molecule has 1 amide bonds. The van der Waals surface area contributed by atoms with E-state index >= 15 is 0 Å². The molecule has 0 radical (unpaired) electrons. The third-order valence-electron chi connectivity index (χ3n) is 3.14. The van der Waals surface area contributed by atoms with Gasteiger partial charge in [0, 0.05) is 22.6 Å². The van der Waals surface area contributed by atoms with Crippen molar-refractivity contribution in [1.29, 1.82) is 0 Å². The Labute approximate surface area is 127 Å². The molecule has 0 aromatic heterocycles. The molecule has 104 valence electrons. The standard InChI is InChI=1S/C16H17BrN2O/c1-11-9-13(17)7-8-14(11)16(20)19-10-15(18)12-5-3-2-4-6-12/h2-9,15H,10,18H2,1H3,(H,19,20). The Morgan fingerprint density at radius 2 is 1.95 bits per heavy atom. The molecule has 0 heterocycles. The maximum atomic E-state index is 12.1.